The van der Waals surface area contributed by atoms with Crippen molar-refractivity contribution in [3.05, 3.63) is 0 Å². The van der Waals surface area contributed by atoms with Gasteiger partial charge in [-0.3, -0.25) is 0 Å². The first kappa shape index (κ1) is 24.8. The van der Waals surface area contributed by atoms with E-state index in [9.17, 15) is 0 Å². The molecule has 0 aromatic heterocycles. The van der Waals surface area contributed by atoms with Crippen molar-refractivity contribution in [2.24, 2.45) is 0 Å². The van der Waals surface area contributed by atoms with Gasteiger partial charge in [0.25, 0.3) is 0 Å². The fourth-order valence-electron chi connectivity index (χ4n) is 3.58. The number of hydrogen-bond acceptors (Lipinski definition) is 0. The summed E-state index contributed by atoms with van der Waals surface area (Å²) in [6.07, 6.45) is 31.2. The molecule has 0 aliphatic carbocycles. The third-order valence-corrected chi connectivity index (χ3v) is 6.47. The molecule has 0 saturated carbocycles. The van der Waals surface area contributed by atoms with Gasteiger partial charge < -0.3 is 0 Å². The molecule has 0 aliphatic heterocycles. The van der Waals surface area contributed by atoms with Crippen LogP contribution in [0.5, 0.6) is 0 Å². The molecule has 24 heavy (non-hydrogen) atoms. The Hall–Kier alpha value is 0.818. The van der Waals surface area contributed by atoms with Gasteiger partial charge in [0.05, 0.1) is 0 Å². The van der Waals surface area contributed by atoms with Gasteiger partial charge in [-0.15, -0.1) is 0 Å². The van der Waals surface area contributed by atoms with Crippen LogP contribution in [0.15, 0.2) is 0 Å². The van der Waals surface area contributed by atoms with Gasteiger partial charge in [-0.1, -0.05) is 71.1 Å². The van der Waals surface area contributed by atoms with Crippen molar-refractivity contribution in [2.45, 2.75) is 146 Å². The SMILES string of the molecule is CCCCCCCCCCCCCCCCCCCCCC[CH2][SbH2]. The molecule has 0 fully saturated rings. The normalized spacial score (nSPS) is 11.2. The predicted molar refractivity (Wildman–Crippen MR) is 116 cm³/mol. The van der Waals surface area contributed by atoms with E-state index in [1.165, 1.54) is 162 Å². The Balaban J connectivity index is 2.93. The first-order valence-corrected chi connectivity index (χ1v) is 13.9. The first-order valence-electron chi connectivity index (χ1n) is 11.6. The molecule has 0 saturated heterocycles. The van der Waals surface area contributed by atoms with Crippen molar-refractivity contribution in [1.29, 1.82) is 0 Å². The van der Waals surface area contributed by atoms with Crippen molar-refractivity contribution < 1.29 is 0 Å². The van der Waals surface area contributed by atoms with Crippen molar-refractivity contribution in [2.75, 3.05) is 0 Å². The number of unbranched alkanes of at least 4 members (excludes halogenated alkanes) is 20. The van der Waals surface area contributed by atoms with Gasteiger partial charge >= 0.3 is 98.0 Å². The molecule has 0 spiro atoms. The summed E-state index contributed by atoms with van der Waals surface area (Å²) in [6, 6.07) is 0. The molecule has 0 aromatic carbocycles. The van der Waals surface area contributed by atoms with E-state index in [1.54, 1.807) is 0 Å². The molecule has 0 radical (unpaired) electrons. The van der Waals surface area contributed by atoms with E-state index in [1.807, 2.05) is 0 Å². The Morgan fingerprint density at radius 3 is 0.750 bits per heavy atom. The molecule has 146 valence electrons. The zero-order valence-electron chi connectivity index (χ0n) is 17.1. The summed E-state index contributed by atoms with van der Waals surface area (Å²) in [5, 5.41) is 0. The van der Waals surface area contributed by atoms with Crippen LogP contribution < -0.4 is 0 Å². The molecule has 0 unspecified atom stereocenters. The Kier molecular flexibility index (Phi) is 24.6. The van der Waals surface area contributed by atoms with Gasteiger partial charge in [0, 0.05) is 0 Å². The molecular weight excluding hydrogens is 398 g/mol. The standard InChI is InChI=1S/C23H47.Sb.2H/c1-3-5-7-9-11-13-15-17-19-21-23-22-20-18-16-14-12-10-8-6-4-2;;;/h1,3-23H2,2H3;;;. The summed E-state index contributed by atoms with van der Waals surface area (Å²) < 4.78 is 1.50. The van der Waals surface area contributed by atoms with Gasteiger partial charge in [0.1, 0.15) is 0 Å². The van der Waals surface area contributed by atoms with E-state index in [0.717, 1.165) is 0 Å². The minimum atomic E-state index is 1.38. The Labute approximate surface area is 168 Å². The van der Waals surface area contributed by atoms with E-state index < -0.39 is 0 Å². The van der Waals surface area contributed by atoms with Gasteiger partial charge in [0.15, 0.2) is 0 Å². The molecule has 0 atom stereocenters. The number of rotatable bonds is 21. The third-order valence-electron chi connectivity index (χ3n) is 5.31. The molecule has 1 heteroatoms. The predicted octanol–water partition coefficient (Wildman–Crippen LogP) is 8.25. The van der Waals surface area contributed by atoms with E-state index in [0.29, 0.717) is 0 Å². The van der Waals surface area contributed by atoms with Crippen LogP contribution in [-0.4, -0.2) is 23.0 Å². The zero-order valence-corrected chi connectivity index (χ0v) is 20.4. The molecule has 0 bridgehead atoms. The van der Waals surface area contributed by atoms with Crippen molar-refractivity contribution in [3.8, 4) is 0 Å². The van der Waals surface area contributed by atoms with Crippen LogP contribution in [0.3, 0.4) is 0 Å². The molecular formula is C23H49Sb. The van der Waals surface area contributed by atoms with Crippen molar-refractivity contribution >= 4 is 23.0 Å². The van der Waals surface area contributed by atoms with Gasteiger partial charge in [-0.2, -0.15) is 0 Å². The van der Waals surface area contributed by atoms with Crippen molar-refractivity contribution in [1.82, 2.24) is 0 Å². The molecule has 0 heterocycles. The molecule has 0 rings (SSSR count). The fourth-order valence-corrected chi connectivity index (χ4v) is 4.40. The third kappa shape index (κ3) is 22.8. The van der Waals surface area contributed by atoms with Crippen LogP contribution in [0.1, 0.15) is 142 Å². The molecule has 0 nitrogen and oxygen atoms in total. The van der Waals surface area contributed by atoms with Crippen LogP contribution >= 0.6 is 0 Å². The molecule has 0 aliphatic rings. The minimum absolute atomic E-state index is 1.38. The maximum atomic E-state index is 2.30. The van der Waals surface area contributed by atoms with Gasteiger partial charge in [0.2, 0.25) is 0 Å². The number of hydrogen-bond donors (Lipinski definition) is 0. The van der Waals surface area contributed by atoms with Gasteiger partial charge in [-0.05, 0) is 0 Å². The summed E-state index contributed by atoms with van der Waals surface area (Å²) in [7, 11) is 0. The maximum absolute atomic E-state index is 2.30. The zero-order chi connectivity index (χ0) is 17.6. The molecule has 0 amide bonds. The van der Waals surface area contributed by atoms with Crippen LogP contribution in [0.4, 0.5) is 0 Å². The second-order valence-electron chi connectivity index (χ2n) is 7.86. The first-order chi connectivity index (χ1) is 11.9. The van der Waals surface area contributed by atoms with Crippen LogP contribution in [-0.2, 0) is 0 Å². The van der Waals surface area contributed by atoms with E-state index in [-0.39, 0.29) is 0 Å². The summed E-state index contributed by atoms with van der Waals surface area (Å²) in [4.78, 5) is 0. The molecule has 0 aromatic rings. The van der Waals surface area contributed by atoms with Crippen molar-refractivity contribution in [3.63, 3.8) is 0 Å². The Morgan fingerprint density at radius 1 is 0.333 bits per heavy atom. The van der Waals surface area contributed by atoms with Crippen LogP contribution in [0, 0.1) is 0 Å². The summed E-state index contributed by atoms with van der Waals surface area (Å²) in [5.41, 5.74) is 0. The summed E-state index contributed by atoms with van der Waals surface area (Å²) >= 11 is 1.47. The summed E-state index contributed by atoms with van der Waals surface area (Å²) in [6.45, 7) is 2.30. The van der Waals surface area contributed by atoms with E-state index in [4.69, 9.17) is 0 Å². The fraction of sp³-hybridized carbons (Fsp3) is 1.00. The van der Waals surface area contributed by atoms with E-state index >= 15 is 0 Å². The van der Waals surface area contributed by atoms with Crippen LogP contribution in [0.2, 0.25) is 4.37 Å². The Bertz CT molecular complexity index is 180. The molecule has 0 N–H and O–H groups in total. The average Bonchev–Trinajstić information content (AvgIpc) is 2.60. The second kappa shape index (κ2) is 23.8. The Morgan fingerprint density at radius 2 is 0.542 bits per heavy atom. The van der Waals surface area contributed by atoms with Crippen LogP contribution in [0.25, 0.3) is 0 Å². The monoisotopic (exact) mass is 446 g/mol. The summed E-state index contributed by atoms with van der Waals surface area (Å²) in [5.74, 6) is 0. The quantitative estimate of drug-likeness (QED) is 0.123. The second-order valence-corrected chi connectivity index (χ2v) is 9.51. The van der Waals surface area contributed by atoms with E-state index in [2.05, 4.69) is 6.92 Å². The average molecular weight is 447 g/mol. The van der Waals surface area contributed by atoms with Gasteiger partial charge in [-0.25, -0.2) is 0 Å². The topological polar surface area (TPSA) is 0 Å².